The third-order valence-corrected chi connectivity index (χ3v) is 3.16. The average molecular weight is 264 g/mol. The Hall–Kier alpha value is -1.55. The number of amides is 1. The maximum absolute atomic E-state index is 12.0. The molecule has 1 aromatic carbocycles. The van der Waals surface area contributed by atoms with Crippen LogP contribution in [0.15, 0.2) is 24.3 Å². The molecule has 0 saturated heterocycles. The van der Waals surface area contributed by atoms with Gasteiger partial charge in [-0.2, -0.15) is 0 Å². The summed E-state index contributed by atoms with van der Waals surface area (Å²) in [5, 5.41) is 2.97. The minimum atomic E-state index is -0.529. The molecule has 0 heterocycles. The molecule has 1 unspecified atom stereocenters. The van der Waals surface area contributed by atoms with Crippen molar-refractivity contribution in [2.75, 3.05) is 0 Å². The van der Waals surface area contributed by atoms with Crippen LogP contribution in [0.25, 0.3) is 0 Å². The quantitative estimate of drug-likeness (QED) is 0.828. The van der Waals surface area contributed by atoms with Crippen molar-refractivity contribution in [1.82, 2.24) is 5.32 Å². The van der Waals surface area contributed by atoms with Gasteiger partial charge in [-0.1, -0.05) is 19.1 Å². The lowest BCUT2D eigenvalue weighted by molar-refractivity contribution is -0.128. The molecule has 0 aliphatic rings. The average Bonchev–Trinajstić information content (AvgIpc) is 2.38. The topological polar surface area (TPSA) is 64.3 Å². The number of carbonyl (C=O) groups excluding carboxylic acids is 1. The van der Waals surface area contributed by atoms with Gasteiger partial charge in [0.2, 0.25) is 0 Å². The molecule has 0 radical (unpaired) electrons. The number of hydrogen-bond donors (Lipinski definition) is 2. The molecule has 0 aromatic heterocycles. The van der Waals surface area contributed by atoms with Gasteiger partial charge in [0.25, 0.3) is 5.91 Å². The van der Waals surface area contributed by atoms with Crippen LogP contribution >= 0.6 is 0 Å². The Balaban J connectivity index is 2.63. The predicted molar refractivity (Wildman–Crippen MR) is 76.9 cm³/mol. The van der Waals surface area contributed by atoms with Crippen LogP contribution in [0.4, 0.5) is 0 Å². The summed E-state index contributed by atoms with van der Waals surface area (Å²) in [7, 11) is 0. The van der Waals surface area contributed by atoms with Crippen LogP contribution < -0.4 is 15.8 Å². The standard InChI is InChI=1S/C15H24N2O2/c1-5-15(3,4)17-14(18)11(2)19-13-8-6-7-12(9-13)10-16/h6-9,11H,5,10,16H2,1-4H3,(H,17,18). The second-order valence-electron chi connectivity index (χ2n) is 5.34. The molecule has 4 nitrogen and oxygen atoms in total. The summed E-state index contributed by atoms with van der Waals surface area (Å²) >= 11 is 0. The molecule has 0 bridgehead atoms. The van der Waals surface area contributed by atoms with E-state index in [0.717, 1.165) is 12.0 Å². The maximum Gasteiger partial charge on any atom is 0.261 e. The number of carbonyl (C=O) groups is 1. The highest BCUT2D eigenvalue weighted by Crippen LogP contribution is 2.15. The van der Waals surface area contributed by atoms with Crippen LogP contribution in [0.3, 0.4) is 0 Å². The van der Waals surface area contributed by atoms with Crippen molar-refractivity contribution in [1.29, 1.82) is 0 Å². The van der Waals surface area contributed by atoms with Crippen LogP contribution in [0.2, 0.25) is 0 Å². The number of ether oxygens (including phenoxy) is 1. The molecule has 106 valence electrons. The van der Waals surface area contributed by atoms with Gasteiger partial charge in [-0.25, -0.2) is 0 Å². The molecule has 19 heavy (non-hydrogen) atoms. The summed E-state index contributed by atoms with van der Waals surface area (Å²) in [6.07, 6.45) is 0.340. The van der Waals surface area contributed by atoms with Crippen molar-refractivity contribution in [2.45, 2.75) is 52.3 Å². The van der Waals surface area contributed by atoms with Gasteiger partial charge in [-0.15, -0.1) is 0 Å². The predicted octanol–water partition coefficient (Wildman–Crippen LogP) is 2.22. The molecule has 0 spiro atoms. The van der Waals surface area contributed by atoms with Gasteiger partial charge in [-0.3, -0.25) is 4.79 Å². The fourth-order valence-corrected chi connectivity index (χ4v) is 1.53. The number of nitrogens with one attached hydrogen (secondary N) is 1. The second-order valence-corrected chi connectivity index (χ2v) is 5.34. The third kappa shape index (κ3) is 4.91. The van der Waals surface area contributed by atoms with Crippen molar-refractivity contribution >= 4 is 5.91 Å². The minimum absolute atomic E-state index is 0.106. The molecule has 1 rings (SSSR count). The van der Waals surface area contributed by atoms with Gasteiger partial charge < -0.3 is 15.8 Å². The highest BCUT2D eigenvalue weighted by Gasteiger charge is 2.22. The number of rotatable bonds is 6. The zero-order valence-electron chi connectivity index (χ0n) is 12.2. The van der Waals surface area contributed by atoms with Crippen molar-refractivity contribution < 1.29 is 9.53 Å². The van der Waals surface area contributed by atoms with Crippen molar-refractivity contribution in [3.05, 3.63) is 29.8 Å². The Morgan fingerprint density at radius 1 is 1.47 bits per heavy atom. The molecular formula is C15H24N2O2. The van der Waals surface area contributed by atoms with E-state index in [-0.39, 0.29) is 11.4 Å². The molecule has 1 atom stereocenters. The van der Waals surface area contributed by atoms with E-state index >= 15 is 0 Å². The first-order chi connectivity index (χ1) is 8.88. The normalized spacial score (nSPS) is 12.9. The van der Waals surface area contributed by atoms with Crippen molar-refractivity contribution in [3.8, 4) is 5.75 Å². The molecule has 1 amide bonds. The Bertz CT molecular complexity index is 430. The number of benzene rings is 1. The molecule has 1 aromatic rings. The summed E-state index contributed by atoms with van der Waals surface area (Å²) < 4.78 is 5.64. The summed E-state index contributed by atoms with van der Waals surface area (Å²) in [5.41, 5.74) is 6.35. The monoisotopic (exact) mass is 264 g/mol. The fraction of sp³-hybridized carbons (Fsp3) is 0.533. The van der Waals surface area contributed by atoms with Crippen molar-refractivity contribution in [3.63, 3.8) is 0 Å². The van der Waals surface area contributed by atoms with Crippen molar-refractivity contribution in [2.24, 2.45) is 5.73 Å². The largest absolute Gasteiger partial charge is 0.481 e. The lowest BCUT2D eigenvalue weighted by atomic mass is 10.0. The lowest BCUT2D eigenvalue weighted by Crippen LogP contribution is -2.48. The highest BCUT2D eigenvalue weighted by molar-refractivity contribution is 5.81. The first kappa shape index (κ1) is 15.5. The molecule has 4 heteroatoms. The second kappa shape index (κ2) is 6.57. The Morgan fingerprint density at radius 2 is 2.16 bits per heavy atom. The molecule has 0 aliphatic heterocycles. The smallest absolute Gasteiger partial charge is 0.261 e. The molecule has 0 fully saturated rings. The van der Waals surface area contributed by atoms with E-state index in [2.05, 4.69) is 5.32 Å². The summed E-state index contributed by atoms with van der Waals surface area (Å²) in [4.78, 5) is 12.0. The van der Waals surface area contributed by atoms with Gasteiger partial charge in [-0.05, 0) is 44.9 Å². The first-order valence-corrected chi connectivity index (χ1v) is 6.65. The number of hydrogen-bond acceptors (Lipinski definition) is 3. The van der Waals surface area contributed by atoms with Crippen LogP contribution in [0.5, 0.6) is 5.75 Å². The molecule has 3 N–H and O–H groups in total. The van der Waals surface area contributed by atoms with Gasteiger partial charge in [0.1, 0.15) is 5.75 Å². The van der Waals surface area contributed by atoms with E-state index in [0.29, 0.717) is 12.3 Å². The van der Waals surface area contributed by atoms with Gasteiger partial charge in [0.15, 0.2) is 6.10 Å². The first-order valence-electron chi connectivity index (χ1n) is 6.65. The fourth-order valence-electron chi connectivity index (χ4n) is 1.53. The highest BCUT2D eigenvalue weighted by atomic mass is 16.5. The van der Waals surface area contributed by atoms with E-state index in [1.807, 2.05) is 45.0 Å². The van der Waals surface area contributed by atoms with Crippen LogP contribution in [-0.4, -0.2) is 17.6 Å². The zero-order chi connectivity index (χ0) is 14.5. The molecule has 0 aliphatic carbocycles. The summed E-state index contributed by atoms with van der Waals surface area (Å²) in [6, 6.07) is 7.48. The van der Waals surface area contributed by atoms with Crippen LogP contribution in [0.1, 0.15) is 39.7 Å². The van der Waals surface area contributed by atoms with E-state index in [4.69, 9.17) is 10.5 Å². The lowest BCUT2D eigenvalue weighted by Gasteiger charge is -2.26. The Kier molecular flexibility index (Phi) is 5.36. The Morgan fingerprint density at radius 3 is 2.74 bits per heavy atom. The van der Waals surface area contributed by atoms with Gasteiger partial charge in [0.05, 0.1) is 0 Å². The van der Waals surface area contributed by atoms with Crippen LogP contribution in [0, 0.1) is 0 Å². The van der Waals surface area contributed by atoms with E-state index in [1.54, 1.807) is 6.92 Å². The van der Waals surface area contributed by atoms with Gasteiger partial charge in [0, 0.05) is 12.1 Å². The molecule has 0 saturated carbocycles. The van der Waals surface area contributed by atoms with E-state index in [9.17, 15) is 4.79 Å². The van der Waals surface area contributed by atoms with Gasteiger partial charge >= 0.3 is 0 Å². The van der Waals surface area contributed by atoms with E-state index in [1.165, 1.54) is 0 Å². The SMILES string of the molecule is CCC(C)(C)NC(=O)C(C)Oc1cccc(CN)c1. The zero-order valence-corrected chi connectivity index (χ0v) is 12.2. The minimum Gasteiger partial charge on any atom is -0.481 e. The molecular weight excluding hydrogens is 240 g/mol. The number of nitrogens with two attached hydrogens (primary N) is 1. The van der Waals surface area contributed by atoms with E-state index < -0.39 is 6.10 Å². The third-order valence-electron chi connectivity index (χ3n) is 3.16. The Labute approximate surface area is 115 Å². The summed E-state index contributed by atoms with van der Waals surface area (Å²) in [6.45, 7) is 8.23. The maximum atomic E-state index is 12.0. The van der Waals surface area contributed by atoms with Crippen LogP contribution in [-0.2, 0) is 11.3 Å². The summed E-state index contributed by atoms with van der Waals surface area (Å²) in [5.74, 6) is 0.560.